The Morgan fingerprint density at radius 3 is 2.58 bits per heavy atom. The van der Waals surface area contributed by atoms with Gasteiger partial charge < -0.3 is 15.5 Å². The van der Waals surface area contributed by atoms with Gasteiger partial charge in [-0.15, -0.1) is 5.10 Å². The molecule has 0 spiro atoms. The molecule has 0 saturated carbocycles. The Labute approximate surface area is 137 Å². The predicted molar refractivity (Wildman–Crippen MR) is 87.7 cm³/mol. The van der Waals surface area contributed by atoms with Crippen molar-refractivity contribution in [2.75, 3.05) is 36.8 Å². The molecule has 0 radical (unpaired) electrons. The van der Waals surface area contributed by atoms with Gasteiger partial charge in [-0.05, 0) is 24.3 Å². The molecular weight excluding hydrogens is 312 g/mol. The number of nitrogen functional groups attached to an aromatic ring is 1. The van der Waals surface area contributed by atoms with Crippen LogP contribution in [0.2, 0.25) is 0 Å². The van der Waals surface area contributed by atoms with Crippen LogP contribution in [0, 0.1) is 10.1 Å². The summed E-state index contributed by atoms with van der Waals surface area (Å²) in [6, 6.07) is 7.81. The summed E-state index contributed by atoms with van der Waals surface area (Å²) in [6.45, 7) is 2.27. The van der Waals surface area contributed by atoms with Crippen molar-refractivity contribution in [1.29, 1.82) is 0 Å². The molecule has 1 aliphatic heterocycles. The van der Waals surface area contributed by atoms with E-state index in [4.69, 9.17) is 5.73 Å². The molecule has 2 heterocycles. The lowest BCUT2D eigenvalue weighted by molar-refractivity contribution is -0.383. The number of nitro groups is 1. The zero-order chi connectivity index (χ0) is 17.1. The molecule has 3 rings (SSSR count). The third-order valence-corrected chi connectivity index (χ3v) is 3.92. The van der Waals surface area contributed by atoms with Gasteiger partial charge in [0, 0.05) is 44.0 Å². The Kier molecular flexibility index (Phi) is 4.23. The molecule has 124 valence electrons. The molecular formula is C15H16N6O3. The van der Waals surface area contributed by atoms with Crippen LogP contribution in [0.4, 0.5) is 17.2 Å². The maximum absolute atomic E-state index is 12.5. The first kappa shape index (κ1) is 15.7. The van der Waals surface area contributed by atoms with E-state index in [1.54, 1.807) is 11.1 Å². The fourth-order valence-corrected chi connectivity index (χ4v) is 2.62. The van der Waals surface area contributed by atoms with E-state index < -0.39 is 4.92 Å². The van der Waals surface area contributed by atoms with Crippen molar-refractivity contribution < 1.29 is 9.72 Å². The molecule has 24 heavy (non-hydrogen) atoms. The summed E-state index contributed by atoms with van der Waals surface area (Å²) in [6.07, 6.45) is 1.61. The largest absolute Gasteiger partial charge is 0.393 e. The molecule has 1 amide bonds. The number of carbonyl (C=O) groups is 1. The monoisotopic (exact) mass is 328 g/mol. The second kappa shape index (κ2) is 6.49. The quantitative estimate of drug-likeness (QED) is 0.505. The number of aromatic nitrogens is 2. The van der Waals surface area contributed by atoms with E-state index in [0.717, 1.165) is 5.82 Å². The van der Waals surface area contributed by atoms with Gasteiger partial charge in [-0.2, -0.15) is 5.10 Å². The van der Waals surface area contributed by atoms with Crippen LogP contribution in [-0.4, -0.2) is 52.1 Å². The summed E-state index contributed by atoms with van der Waals surface area (Å²) in [5.74, 6) is 0.532. The highest BCUT2D eigenvalue weighted by Gasteiger charge is 2.24. The lowest BCUT2D eigenvalue weighted by Crippen LogP contribution is -2.49. The zero-order valence-corrected chi connectivity index (χ0v) is 12.8. The average molecular weight is 328 g/mol. The number of hydrogen-bond acceptors (Lipinski definition) is 7. The summed E-state index contributed by atoms with van der Waals surface area (Å²) in [5, 5.41) is 18.9. The van der Waals surface area contributed by atoms with Crippen molar-refractivity contribution in [2.24, 2.45) is 0 Å². The summed E-state index contributed by atoms with van der Waals surface area (Å²) < 4.78 is 0. The topological polar surface area (TPSA) is 118 Å². The van der Waals surface area contributed by atoms with Crippen molar-refractivity contribution in [3.05, 3.63) is 52.2 Å². The van der Waals surface area contributed by atoms with Crippen molar-refractivity contribution >= 4 is 23.1 Å². The normalized spacial score (nSPS) is 14.5. The summed E-state index contributed by atoms with van der Waals surface area (Å²) >= 11 is 0. The van der Waals surface area contributed by atoms with E-state index in [1.807, 2.05) is 17.0 Å². The fraction of sp³-hybridized carbons (Fsp3) is 0.267. The van der Waals surface area contributed by atoms with Crippen LogP contribution in [0.3, 0.4) is 0 Å². The van der Waals surface area contributed by atoms with Crippen LogP contribution in [0.1, 0.15) is 10.4 Å². The summed E-state index contributed by atoms with van der Waals surface area (Å²) in [4.78, 5) is 26.6. The van der Waals surface area contributed by atoms with E-state index in [0.29, 0.717) is 26.2 Å². The smallest absolute Gasteiger partial charge is 0.292 e. The van der Waals surface area contributed by atoms with Crippen molar-refractivity contribution in [3.8, 4) is 0 Å². The first-order chi connectivity index (χ1) is 11.6. The maximum Gasteiger partial charge on any atom is 0.292 e. The van der Waals surface area contributed by atoms with Gasteiger partial charge in [-0.25, -0.2) is 0 Å². The van der Waals surface area contributed by atoms with Gasteiger partial charge in [0.05, 0.1) is 4.92 Å². The van der Waals surface area contributed by atoms with Crippen LogP contribution in [0.25, 0.3) is 0 Å². The number of nitrogens with zero attached hydrogens (tertiary/aromatic N) is 5. The van der Waals surface area contributed by atoms with E-state index in [1.165, 1.54) is 18.2 Å². The molecule has 0 atom stereocenters. The number of rotatable bonds is 3. The third-order valence-electron chi connectivity index (χ3n) is 3.92. The number of piperazine rings is 1. The van der Waals surface area contributed by atoms with Gasteiger partial charge in [0.1, 0.15) is 5.69 Å². The van der Waals surface area contributed by atoms with Gasteiger partial charge >= 0.3 is 0 Å². The number of amides is 1. The molecule has 9 heteroatoms. The number of nitrogens with two attached hydrogens (primary N) is 1. The van der Waals surface area contributed by atoms with Gasteiger partial charge in [0.25, 0.3) is 11.6 Å². The molecule has 0 bridgehead atoms. The van der Waals surface area contributed by atoms with Crippen LogP contribution in [0.15, 0.2) is 36.5 Å². The highest BCUT2D eigenvalue weighted by atomic mass is 16.6. The maximum atomic E-state index is 12.5. The van der Waals surface area contributed by atoms with E-state index in [2.05, 4.69) is 10.2 Å². The van der Waals surface area contributed by atoms with Crippen LogP contribution >= 0.6 is 0 Å². The predicted octanol–water partition coefficient (Wildman–Crippen LogP) is 0.929. The molecule has 2 aromatic rings. The second-order valence-electron chi connectivity index (χ2n) is 5.39. The number of benzene rings is 1. The molecule has 0 unspecified atom stereocenters. The molecule has 1 aliphatic rings. The Balaban J connectivity index is 1.69. The van der Waals surface area contributed by atoms with E-state index in [9.17, 15) is 14.9 Å². The molecule has 9 nitrogen and oxygen atoms in total. The average Bonchev–Trinajstić information content (AvgIpc) is 2.62. The van der Waals surface area contributed by atoms with E-state index >= 15 is 0 Å². The highest BCUT2D eigenvalue weighted by Crippen LogP contribution is 2.23. The number of hydrogen-bond donors (Lipinski definition) is 1. The van der Waals surface area contributed by atoms with Gasteiger partial charge in [-0.3, -0.25) is 14.9 Å². The van der Waals surface area contributed by atoms with Crippen molar-refractivity contribution in [3.63, 3.8) is 0 Å². The zero-order valence-electron chi connectivity index (χ0n) is 12.8. The molecule has 1 fully saturated rings. The van der Waals surface area contributed by atoms with Gasteiger partial charge in [0.15, 0.2) is 5.82 Å². The number of anilines is 2. The molecule has 1 aromatic carbocycles. The molecule has 1 aromatic heterocycles. The highest BCUT2D eigenvalue weighted by molar-refractivity contribution is 5.95. The molecule has 0 aliphatic carbocycles. The van der Waals surface area contributed by atoms with Crippen LogP contribution < -0.4 is 10.6 Å². The van der Waals surface area contributed by atoms with Crippen molar-refractivity contribution in [1.82, 2.24) is 15.1 Å². The second-order valence-corrected chi connectivity index (χ2v) is 5.39. The Hall–Kier alpha value is -3.23. The van der Waals surface area contributed by atoms with Crippen LogP contribution in [0.5, 0.6) is 0 Å². The Morgan fingerprint density at radius 1 is 1.21 bits per heavy atom. The summed E-state index contributed by atoms with van der Waals surface area (Å²) in [5.41, 5.74) is 5.63. The molecule has 1 saturated heterocycles. The minimum absolute atomic E-state index is 0.0454. The number of nitro benzene ring substituents is 1. The van der Waals surface area contributed by atoms with Gasteiger partial charge in [0.2, 0.25) is 0 Å². The number of carbonyl (C=O) groups excluding carboxylic acids is 1. The standard InChI is InChI=1S/C15H16N6O3/c16-12-4-3-11(10-13(12)21(23)24)15(22)20-8-6-19(7-9-20)14-2-1-5-17-18-14/h1-5,10H,6-9,16H2. The minimum Gasteiger partial charge on any atom is -0.393 e. The third kappa shape index (κ3) is 3.09. The Morgan fingerprint density at radius 2 is 1.96 bits per heavy atom. The minimum atomic E-state index is -0.585. The fourth-order valence-electron chi connectivity index (χ4n) is 2.62. The lowest BCUT2D eigenvalue weighted by Gasteiger charge is -2.35. The van der Waals surface area contributed by atoms with Crippen LogP contribution in [-0.2, 0) is 0 Å². The van der Waals surface area contributed by atoms with Gasteiger partial charge in [-0.1, -0.05) is 0 Å². The summed E-state index contributed by atoms with van der Waals surface area (Å²) in [7, 11) is 0. The lowest BCUT2D eigenvalue weighted by atomic mass is 10.1. The first-order valence-electron chi connectivity index (χ1n) is 7.42. The Bertz CT molecular complexity index is 759. The van der Waals surface area contributed by atoms with Crippen molar-refractivity contribution in [2.45, 2.75) is 0 Å². The van der Waals surface area contributed by atoms with E-state index in [-0.39, 0.29) is 22.8 Å². The molecule has 2 N–H and O–H groups in total. The first-order valence-corrected chi connectivity index (χ1v) is 7.42. The SMILES string of the molecule is Nc1ccc(C(=O)N2CCN(c3cccnn3)CC2)cc1[N+](=O)[O-].